The van der Waals surface area contributed by atoms with E-state index in [4.69, 9.17) is 26.4 Å². The number of ketones is 1. The summed E-state index contributed by atoms with van der Waals surface area (Å²) in [6.45, 7) is 6.55. The molecule has 3 rings (SSSR count). The molecular weight excluding hydrogens is 412 g/mol. The van der Waals surface area contributed by atoms with E-state index in [2.05, 4.69) is 5.32 Å². The molecule has 1 atom stereocenters. The van der Waals surface area contributed by atoms with Crippen molar-refractivity contribution in [1.82, 2.24) is 10.2 Å². The van der Waals surface area contributed by atoms with E-state index in [-0.39, 0.29) is 5.78 Å². The molecule has 2 aromatic carbocycles. The van der Waals surface area contributed by atoms with Crippen LogP contribution in [-0.4, -0.2) is 36.6 Å². The average molecular weight is 441 g/mol. The molecule has 0 aliphatic carbocycles. The lowest BCUT2D eigenvalue weighted by atomic mass is 9.92. The lowest BCUT2D eigenvalue weighted by Crippen LogP contribution is -2.47. The van der Waals surface area contributed by atoms with Crippen LogP contribution in [0, 0.1) is 0 Å². The quantitative estimate of drug-likeness (QED) is 0.611. The fourth-order valence-corrected chi connectivity index (χ4v) is 4.19. The predicted molar refractivity (Wildman–Crippen MR) is 125 cm³/mol. The number of carbonyl (C=O) groups excluding carboxylic acids is 1. The second-order valence-electron chi connectivity index (χ2n) is 7.21. The number of thiocarbonyl (C=S) groups is 1. The van der Waals surface area contributed by atoms with Gasteiger partial charge in [0.1, 0.15) is 6.61 Å². The molecule has 0 spiro atoms. The number of carbonyl (C=O) groups is 1. The van der Waals surface area contributed by atoms with Crippen LogP contribution in [-0.2, 0) is 11.4 Å². The molecule has 6 nitrogen and oxygen atoms in total. The van der Waals surface area contributed by atoms with E-state index >= 15 is 0 Å². The molecule has 7 heteroatoms. The van der Waals surface area contributed by atoms with Gasteiger partial charge in [-0.1, -0.05) is 30.3 Å². The molecule has 0 saturated carbocycles. The number of nitrogens with zero attached hydrogens (tertiary/aromatic N) is 1. The molecule has 1 aliphatic rings. The van der Waals surface area contributed by atoms with E-state index in [0.717, 1.165) is 16.8 Å². The van der Waals surface area contributed by atoms with Crippen molar-refractivity contribution in [1.29, 1.82) is 0 Å². The summed E-state index contributed by atoms with van der Waals surface area (Å²) in [4.78, 5) is 14.5. The van der Waals surface area contributed by atoms with Crippen LogP contribution in [0.5, 0.6) is 17.2 Å². The number of ether oxygens (including phenoxy) is 3. The third kappa shape index (κ3) is 4.66. The maximum Gasteiger partial charge on any atom is 0.203 e. The molecule has 1 unspecified atom stereocenters. The largest absolute Gasteiger partial charge is 0.493 e. The Labute approximate surface area is 188 Å². The first-order chi connectivity index (χ1) is 14.9. The monoisotopic (exact) mass is 440 g/mol. The van der Waals surface area contributed by atoms with Gasteiger partial charge in [-0.05, 0) is 56.2 Å². The summed E-state index contributed by atoms with van der Waals surface area (Å²) in [5.41, 5.74) is 3.36. The zero-order valence-electron chi connectivity index (χ0n) is 18.5. The zero-order chi connectivity index (χ0) is 22.5. The Morgan fingerprint density at radius 1 is 1.13 bits per heavy atom. The van der Waals surface area contributed by atoms with Crippen LogP contribution >= 0.6 is 12.2 Å². The van der Waals surface area contributed by atoms with Crippen molar-refractivity contribution >= 4 is 23.1 Å². The van der Waals surface area contributed by atoms with E-state index in [0.29, 0.717) is 41.1 Å². The van der Waals surface area contributed by atoms with E-state index in [1.54, 1.807) is 21.1 Å². The van der Waals surface area contributed by atoms with Crippen molar-refractivity contribution in [2.24, 2.45) is 0 Å². The van der Waals surface area contributed by atoms with Crippen LogP contribution in [0.1, 0.15) is 37.9 Å². The fourth-order valence-electron chi connectivity index (χ4n) is 3.81. The van der Waals surface area contributed by atoms with E-state index in [9.17, 15) is 4.79 Å². The standard InChI is InChI=1S/C24H28N2O4S/c1-6-26-15(2)21(16(3)27)22(25-24(26)31)18-12-19(28-4)23(20(13-18)29-5)30-14-17-10-8-7-9-11-17/h7-13,22H,6,14H2,1-5H3,(H,25,31). The molecule has 0 amide bonds. The van der Waals surface area contributed by atoms with Gasteiger partial charge < -0.3 is 24.4 Å². The molecule has 0 saturated heterocycles. The third-order valence-corrected chi connectivity index (χ3v) is 5.67. The van der Waals surface area contributed by atoms with Crippen molar-refractivity contribution in [3.05, 3.63) is 64.9 Å². The topological polar surface area (TPSA) is 60.0 Å². The van der Waals surface area contributed by atoms with Gasteiger partial charge in [-0.2, -0.15) is 0 Å². The summed E-state index contributed by atoms with van der Waals surface area (Å²) in [5.74, 6) is 1.54. The fraction of sp³-hybridized carbons (Fsp3) is 0.333. The SMILES string of the molecule is CCN1C(=S)NC(c2cc(OC)c(OCc3ccccc3)c(OC)c2)C(C(C)=O)=C1C. The van der Waals surface area contributed by atoms with Gasteiger partial charge in [-0.3, -0.25) is 4.79 Å². The molecule has 1 aliphatic heterocycles. The van der Waals surface area contributed by atoms with Crippen molar-refractivity contribution in [3.63, 3.8) is 0 Å². The van der Waals surface area contributed by atoms with Gasteiger partial charge in [0, 0.05) is 17.8 Å². The second kappa shape index (κ2) is 9.83. The molecule has 31 heavy (non-hydrogen) atoms. The number of allylic oxidation sites excluding steroid dienone is 1. The zero-order valence-corrected chi connectivity index (χ0v) is 19.3. The van der Waals surface area contributed by atoms with Gasteiger partial charge >= 0.3 is 0 Å². The minimum atomic E-state index is -0.404. The molecule has 0 bridgehead atoms. The Morgan fingerprint density at radius 2 is 1.74 bits per heavy atom. The summed E-state index contributed by atoms with van der Waals surface area (Å²) >= 11 is 5.55. The maximum atomic E-state index is 12.5. The Balaban J connectivity index is 2.03. The lowest BCUT2D eigenvalue weighted by Gasteiger charge is -2.37. The normalized spacial score (nSPS) is 16.1. The second-order valence-corrected chi connectivity index (χ2v) is 7.60. The highest BCUT2D eigenvalue weighted by molar-refractivity contribution is 7.80. The molecule has 0 aromatic heterocycles. The lowest BCUT2D eigenvalue weighted by molar-refractivity contribution is -0.114. The number of nitrogens with one attached hydrogen (secondary N) is 1. The molecule has 2 aromatic rings. The van der Waals surface area contributed by atoms with Crippen molar-refractivity contribution in [2.75, 3.05) is 20.8 Å². The smallest absolute Gasteiger partial charge is 0.203 e. The highest BCUT2D eigenvalue weighted by Crippen LogP contribution is 2.42. The third-order valence-electron chi connectivity index (χ3n) is 5.33. The van der Waals surface area contributed by atoms with Crippen LogP contribution in [0.2, 0.25) is 0 Å². The van der Waals surface area contributed by atoms with Crippen LogP contribution in [0.4, 0.5) is 0 Å². The van der Waals surface area contributed by atoms with E-state index < -0.39 is 6.04 Å². The van der Waals surface area contributed by atoms with Gasteiger partial charge in [0.25, 0.3) is 0 Å². The molecule has 1 N–H and O–H groups in total. The number of hydrogen-bond donors (Lipinski definition) is 1. The van der Waals surface area contributed by atoms with Crippen LogP contribution in [0.25, 0.3) is 0 Å². The van der Waals surface area contributed by atoms with Crippen molar-refractivity contribution < 1.29 is 19.0 Å². The number of Topliss-reactive ketones (excluding diaryl/α,β-unsaturated/α-hetero) is 1. The summed E-state index contributed by atoms with van der Waals surface area (Å²) in [5, 5.41) is 3.88. The molecule has 164 valence electrons. The summed E-state index contributed by atoms with van der Waals surface area (Å²) in [7, 11) is 3.16. The Morgan fingerprint density at radius 3 is 2.26 bits per heavy atom. The summed E-state index contributed by atoms with van der Waals surface area (Å²) in [6.07, 6.45) is 0. The Kier molecular flexibility index (Phi) is 7.17. The highest BCUT2D eigenvalue weighted by Gasteiger charge is 2.32. The number of rotatable bonds is 8. The van der Waals surface area contributed by atoms with Crippen LogP contribution < -0.4 is 19.5 Å². The molecule has 0 radical (unpaired) electrons. The molecular formula is C24H28N2O4S. The first kappa shape index (κ1) is 22.6. The summed E-state index contributed by atoms with van der Waals surface area (Å²) in [6, 6.07) is 13.2. The predicted octanol–water partition coefficient (Wildman–Crippen LogP) is 4.40. The van der Waals surface area contributed by atoms with Crippen LogP contribution in [0.15, 0.2) is 53.7 Å². The number of benzene rings is 2. The van der Waals surface area contributed by atoms with Gasteiger partial charge in [-0.25, -0.2) is 0 Å². The Hall–Kier alpha value is -3.06. The van der Waals surface area contributed by atoms with Crippen LogP contribution in [0.3, 0.4) is 0 Å². The molecule has 1 heterocycles. The number of hydrogen-bond acceptors (Lipinski definition) is 5. The highest BCUT2D eigenvalue weighted by atomic mass is 32.1. The Bertz CT molecular complexity index is 979. The van der Waals surface area contributed by atoms with E-state index in [1.165, 1.54) is 0 Å². The number of methoxy groups -OCH3 is 2. The van der Waals surface area contributed by atoms with Gasteiger partial charge in [-0.15, -0.1) is 0 Å². The minimum Gasteiger partial charge on any atom is -0.493 e. The van der Waals surface area contributed by atoms with Gasteiger partial charge in [0.15, 0.2) is 22.4 Å². The minimum absolute atomic E-state index is 0.0155. The average Bonchev–Trinajstić information content (AvgIpc) is 2.77. The van der Waals surface area contributed by atoms with Gasteiger partial charge in [0.2, 0.25) is 5.75 Å². The first-order valence-corrected chi connectivity index (χ1v) is 10.5. The van der Waals surface area contributed by atoms with Crippen molar-refractivity contribution in [2.45, 2.75) is 33.4 Å². The summed E-state index contributed by atoms with van der Waals surface area (Å²) < 4.78 is 17.3. The first-order valence-electron chi connectivity index (χ1n) is 10.1. The van der Waals surface area contributed by atoms with E-state index in [1.807, 2.05) is 61.2 Å². The van der Waals surface area contributed by atoms with Gasteiger partial charge in [0.05, 0.1) is 20.3 Å². The molecule has 0 fully saturated rings. The maximum absolute atomic E-state index is 12.5. The van der Waals surface area contributed by atoms with Crippen molar-refractivity contribution in [3.8, 4) is 17.2 Å².